The molecular formula is C22H21N3O3S. The van der Waals surface area contributed by atoms with E-state index in [0.717, 1.165) is 22.7 Å². The summed E-state index contributed by atoms with van der Waals surface area (Å²) in [5.41, 5.74) is 4.51. The standard InChI is InChI=1S/C22H21N3O3S/c1-2-8-18-20(29-22(24-18)16-10-4-3-5-11-16)21(27)23-17-12-7-6-9-15(17)13-14-19(26)25-28/h3-7,9-14,28H,2,8H2,1H3,(H,23,27)(H,25,26). The van der Waals surface area contributed by atoms with Gasteiger partial charge in [-0.05, 0) is 24.1 Å². The normalized spacial score (nSPS) is 10.8. The number of nitrogens with zero attached hydrogens (tertiary/aromatic N) is 1. The van der Waals surface area contributed by atoms with Gasteiger partial charge in [0.1, 0.15) is 9.88 Å². The van der Waals surface area contributed by atoms with E-state index in [-0.39, 0.29) is 5.91 Å². The van der Waals surface area contributed by atoms with Crippen molar-refractivity contribution in [2.24, 2.45) is 0 Å². The molecule has 29 heavy (non-hydrogen) atoms. The van der Waals surface area contributed by atoms with Gasteiger partial charge in [0, 0.05) is 17.3 Å². The van der Waals surface area contributed by atoms with Crippen LogP contribution in [0.2, 0.25) is 0 Å². The Bertz CT molecular complexity index is 1030. The second-order valence-corrected chi connectivity index (χ2v) is 7.26. The van der Waals surface area contributed by atoms with Crippen molar-refractivity contribution >= 4 is 34.9 Å². The van der Waals surface area contributed by atoms with E-state index in [2.05, 4.69) is 17.2 Å². The fourth-order valence-electron chi connectivity index (χ4n) is 2.78. The number of nitrogens with one attached hydrogen (secondary N) is 2. The maximum absolute atomic E-state index is 13.0. The van der Waals surface area contributed by atoms with E-state index in [1.165, 1.54) is 23.5 Å². The highest BCUT2D eigenvalue weighted by Gasteiger charge is 2.19. The van der Waals surface area contributed by atoms with Crippen molar-refractivity contribution in [3.63, 3.8) is 0 Å². The average Bonchev–Trinajstić information content (AvgIpc) is 3.18. The van der Waals surface area contributed by atoms with Gasteiger partial charge < -0.3 is 5.32 Å². The number of amides is 2. The van der Waals surface area contributed by atoms with Crippen LogP contribution >= 0.6 is 11.3 Å². The Morgan fingerprint density at radius 2 is 1.83 bits per heavy atom. The molecule has 0 aliphatic carbocycles. The highest BCUT2D eigenvalue weighted by Crippen LogP contribution is 2.30. The first kappa shape index (κ1) is 20.4. The summed E-state index contributed by atoms with van der Waals surface area (Å²) in [5.74, 6) is -0.882. The first-order valence-corrected chi connectivity index (χ1v) is 10.0. The number of carbonyl (C=O) groups excluding carboxylic acids is 2. The summed E-state index contributed by atoms with van der Waals surface area (Å²) in [6.07, 6.45) is 4.31. The topological polar surface area (TPSA) is 91.3 Å². The average molecular weight is 407 g/mol. The van der Waals surface area contributed by atoms with E-state index in [1.807, 2.05) is 30.3 Å². The van der Waals surface area contributed by atoms with Gasteiger partial charge in [0.15, 0.2) is 0 Å². The number of benzene rings is 2. The second kappa shape index (κ2) is 9.77. The predicted octanol–water partition coefficient (Wildman–Crippen LogP) is 4.53. The van der Waals surface area contributed by atoms with Crippen LogP contribution in [0.15, 0.2) is 60.7 Å². The Kier molecular flexibility index (Phi) is 6.89. The number of anilines is 1. The van der Waals surface area contributed by atoms with Crippen molar-refractivity contribution in [3.05, 3.63) is 76.8 Å². The molecule has 6 nitrogen and oxygen atoms in total. The third-order valence-electron chi connectivity index (χ3n) is 4.14. The summed E-state index contributed by atoms with van der Waals surface area (Å²) in [6.45, 7) is 2.05. The molecule has 0 aliphatic rings. The smallest absolute Gasteiger partial charge is 0.267 e. The number of carbonyl (C=O) groups is 2. The lowest BCUT2D eigenvalue weighted by atomic mass is 10.1. The molecule has 2 amide bonds. The minimum atomic E-state index is -0.647. The fraction of sp³-hybridized carbons (Fsp3) is 0.136. The zero-order chi connectivity index (χ0) is 20.6. The van der Waals surface area contributed by atoms with Crippen LogP contribution in [0.5, 0.6) is 0 Å². The summed E-state index contributed by atoms with van der Waals surface area (Å²) < 4.78 is 0. The Labute approximate surface area is 172 Å². The Morgan fingerprint density at radius 1 is 1.10 bits per heavy atom. The monoisotopic (exact) mass is 407 g/mol. The number of aromatic nitrogens is 1. The van der Waals surface area contributed by atoms with Gasteiger partial charge in [-0.1, -0.05) is 61.9 Å². The molecule has 0 spiro atoms. The maximum Gasteiger partial charge on any atom is 0.267 e. The van der Waals surface area contributed by atoms with Crippen LogP contribution in [0.25, 0.3) is 16.6 Å². The van der Waals surface area contributed by atoms with Gasteiger partial charge in [-0.2, -0.15) is 0 Å². The molecule has 3 aromatic rings. The van der Waals surface area contributed by atoms with Crippen molar-refractivity contribution in [3.8, 4) is 10.6 Å². The number of thiazole rings is 1. The van der Waals surface area contributed by atoms with Gasteiger partial charge in [0.2, 0.25) is 0 Å². The molecule has 3 N–H and O–H groups in total. The first-order chi connectivity index (χ1) is 14.1. The van der Waals surface area contributed by atoms with Gasteiger partial charge in [0.05, 0.1) is 5.69 Å². The second-order valence-electron chi connectivity index (χ2n) is 6.26. The lowest BCUT2D eigenvalue weighted by Crippen LogP contribution is -2.15. The molecule has 0 fully saturated rings. The maximum atomic E-state index is 13.0. The molecular weight excluding hydrogens is 386 g/mol. The van der Waals surface area contributed by atoms with Crippen molar-refractivity contribution in [2.45, 2.75) is 19.8 Å². The zero-order valence-electron chi connectivity index (χ0n) is 15.9. The lowest BCUT2D eigenvalue weighted by Gasteiger charge is -2.08. The van der Waals surface area contributed by atoms with Gasteiger partial charge in [-0.15, -0.1) is 11.3 Å². The van der Waals surface area contributed by atoms with Crippen LogP contribution in [0.1, 0.15) is 34.3 Å². The lowest BCUT2D eigenvalue weighted by molar-refractivity contribution is -0.124. The number of rotatable bonds is 7. The van der Waals surface area contributed by atoms with E-state index in [0.29, 0.717) is 22.5 Å². The van der Waals surface area contributed by atoms with Crippen LogP contribution in [0.4, 0.5) is 5.69 Å². The molecule has 0 saturated carbocycles. The van der Waals surface area contributed by atoms with E-state index in [1.54, 1.807) is 29.7 Å². The molecule has 0 radical (unpaired) electrons. The Balaban J connectivity index is 1.89. The van der Waals surface area contributed by atoms with Gasteiger partial charge >= 0.3 is 0 Å². The van der Waals surface area contributed by atoms with Crippen molar-refractivity contribution in [1.82, 2.24) is 10.5 Å². The summed E-state index contributed by atoms with van der Waals surface area (Å²) in [7, 11) is 0. The summed E-state index contributed by atoms with van der Waals surface area (Å²) in [6, 6.07) is 16.9. The number of aryl methyl sites for hydroxylation is 1. The molecule has 7 heteroatoms. The van der Waals surface area contributed by atoms with Crippen LogP contribution < -0.4 is 10.8 Å². The zero-order valence-corrected chi connectivity index (χ0v) is 16.7. The third kappa shape index (κ3) is 5.16. The van der Waals surface area contributed by atoms with Gasteiger partial charge in [0.25, 0.3) is 11.8 Å². The molecule has 0 unspecified atom stereocenters. The number of hydrogen-bond donors (Lipinski definition) is 3. The summed E-state index contributed by atoms with van der Waals surface area (Å²) in [4.78, 5) is 29.5. The molecule has 0 saturated heterocycles. The number of hydrogen-bond acceptors (Lipinski definition) is 5. The molecule has 148 valence electrons. The minimum Gasteiger partial charge on any atom is -0.321 e. The van der Waals surface area contributed by atoms with Crippen molar-refractivity contribution < 1.29 is 14.8 Å². The van der Waals surface area contributed by atoms with Gasteiger partial charge in [-0.3, -0.25) is 14.8 Å². The molecule has 2 aromatic carbocycles. The van der Waals surface area contributed by atoms with Crippen LogP contribution in [0, 0.1) is 0 Å². The Morgan fingerprint density at radius 3 is 2.55 bits per heavy atom. The highest BCUT2D eigenvalue weighted by atomic mass is 32.1. The molecule has 0 bridgehead atoms. The molecule has 1 aromatic heterocycles. The molecule has 0 aliphatic heterocycles. The molecule has 1 heterocycles. The predicted molar refractivity (Wildman–Crippen MR) is 115 cm³/mol. The van der Waals surface area contributed by atoms with E-state index < -0.39 is 5.91 Å². The SMILES string of the molecule is CCCc1nc(-c2ccccc2)sc1C(=O)Nc1ccccc1C=CC(=O)NO. The number of hydroxylamine groups is 1. The van der Waals surface area contributed by atoms with Crippen LogP contribution in [-0.4, -0.2) is 22.0 Å². The van der Waals surface area contributed by atoms with E-state index in [9.17, 15) is 9.59 Å². The third-order valence-corrected chi connectivity index (χ3v) is 5.29. The van der Waals surface area contributed by atoms with Crippen LogP contribution in [0.3, 0.4) is 0 Å². The fourth-order valence-corrected chi connectivity index (χ4v) is 3.79. The van der Waals surface area contributed by atoms with Crippen LogP contribution in [-0.2, 0) is 11.2 Å². The molecule has 0 atom stereocenters. The van der Waals surface area contributed by atoms with E-state index in [4.69, 9.17) is 5.21 Å². The Hall–Kier alpha value is -3.29. The van der Waals surface area contributed by atoms with Gasteiger partial charge in [-0.25, -0.2) is 10.5 Å². The minimum absolute atomic E-state index is 0.236. The van der Waals surface area contributed by atoms with E-state index >= 15 is 0 Å². The number of para-hydroxylation sites is 1. The highest BCUT2D eigenvalue weighted by molar-refractivity contribution is 7.17. The largest absolute Gasteiger partial charge is 0.321 e. The van der Waals surface area contributed by atoms with Crippen molar-refractivity contribution in [1.29, 1.82) is 0 Å². The first-order valence-electron chi connectivity index (χ1n) is 9.20. The quantitative estimate of drug-likeness (QED) is 0.305. The molecule has 3 rings (SSSR count). The van der Waals surface area contributed by atoms with Crippen molar-refractivity contribution in [2.75, 3.05) is 5.32 Å². The summed E-state index contributed by atoms with van der Waals surface area (Å²) >= 11 is 1.37. The summed E-state index contributed by atoms with van der Waals surface area (Å²) in [5, 5.41) is 12.4.